The molecule has 22 heavy (non-hydrogen) atoms. The summed E-state index contributed by atoms with van der Waals surface area (Å²) in [6, 6.07) is 9.13. The zero-order chi connectivity index (χ0) is 15.7. The van der Waals surface area contributed by atoms with E-state index in [4.69, 9.17) is 9.47 Å². The highest BCUT2D eigenvalue weighted by Crippen LogP contribution is 2.38. The molecule has 0 N–H and O–H groups in total. The maximum absolute atomic E-state index is 11.4. The molecule has 6 heteroatoms. The number of rotatable bonds is 4. The van der Waals surface area contributed by atoms with Gasteiger partial charge in [-0.3, -0.25) is 4.40 Å². The molecule has 1 aromatic carbocycles. The molecule has 0 aliphatic heterocycles. The van der Waals surface area contributed by atoms with Gasteiger partial charge < -0.3 is 9.47 Å². The van der Waals surface area contributed by atoms with Crippen molar-refractivity contribution in [3.8, 4) is 22.8 Å². The summed E-state index contributed by atoms with van der Waals surface area (Å²) in [5.41, 5.74) is 2.80. The van der Waals surface area contributed by atoms with Gasteiger partial charge in [-0.25, -0.2) is 4.98 Å². The molecule has 0 unspecified atom stereocenters. The smallest absolute Gasteiger partial charge is 0.209 e. The maximum Gasteiger partial charge on any atom is 0.209 e. The van der Waals surface area contributed by atoms with Crippen molar-refractivity contribution in [2.24, 2.45) is 5.18 Å². The normalized spacial score (nSPS) is 10.7. The summed E-state index contributed by atoms with van der Waals surface area (Å²) in [4.78, 5) is 15.9. The van der Waals surface area contributed by atoms with Gasteiger partial charge in [-0.15, -0.1) is 4.91 Å². The Labute approximate surface area is 127 Å². The SMILES string of the molecule is COc1ccc(OC)c(-c2nc3ccc(C)cn3c2N=O)c1. The van der Waals surface area contributed by atoms with Crippen LogP contribution in [0.2, 0.25) is 0 Å². The van der Waals surface area contributed by atoms with Crippen LogP contribution >= 0.6 is 0 Å². The Balaban J connectivity index is 2.32. The second-order valence-corrected chi connectivity index (χ2v) is 4.88. The second-order valence-electron chi connectivity index (χ2n) is 4.88. The summed E-state index contributed by atoms with van der Waals surface area (Å²) in [5, 5.41) is 3.16. The number of hydrogen-bond donors (Lipinski definition) is 0. The van der Waals surface area contributed by atoms with Gasteiger partial charge in [0.15, 0.2) is 0 Å². The topological polar surface area (TPSA) is 65.2 Å². The minimum absolute atomic E-state index is 0.241. The Hall–Kier alpha value is -2.89. The number of ether oxygens (including phenoxy) is 2. The van der Waals surface area contributed by atoms with Gasteiger partial charge in [-0.05, 0) is 41.9 Å². The summed E-state index contributed by atoms with van der Waals surface area (Å²) < 4.78 is 12.3. The van der Waals surface area contributed by atoms with Crippen LogP contribution < -0.4 is 9.47 Å². The fraction of sp³-hybridized carbons (Fsp3) is 0.188. The zero-order valence-electron chi connectivity index (χ0n) is 12.5. The van der Waals surface area contributed by atoms with E-state index in [-0.39, 0.29) is 5.82 Å². The number of aryl methyl sites for hydroxylation is 1. The average Bonchev–Trinajstić information content (AvgIpc) is 2.91. The average molecular weight is 297 g/mol. The number of imidazole rings is 1. The molecule has 0 aliphatic rings. The number of nitrogens with zero attached hydrogens (tertiary/aromatic N) is 3. The summed E-state index contributed by atoms with van der Waals surface area (Å²) in [6.07, 6.45) is 1.83. The third kappa shape index (κ3) is 2.18. The Morgan fingerprint density at radius 2 is 1.95 bits per heavy atom. The molecular weight excluding hydrogens is 282 g/mol. The molecule has 0 aliphatic carbocycles. The molecule has 6 nitrogen and oxygen atoms in total. The third-order valence-corrected chi connectivity index (χ3v) is 3.49. The maximum atomic E-state index is 11.4. The highest BCUT2D eigenvalue weighted by molar-refractivity contribution is 5.79. The van der Waals surface area contributed by atoms with E-state index in [2.05, 4.69) is 10.2 Å². The van der Waals surface area contributed by atoms with Crippen LogP contribution in [0.25, 0.3) is 16.9 Å². The molecule has 0 saturated carbocycles. The van der Waals surface area contributed by atoms with Gasteiger partial charge in [0, 0.05) is 11.8 Å². The van der Waals surface area contributed by atoms with Crippen LogP contribution in [0.3, 0.4) is 0 Å². The van der Waals surface area contributed by atoms with E-state index in [1.165, 1.54) is 0 Å². The summed E-state index contributed by atoms with van der Waals surface area (Å²) in [5.74, 6) is 1.50. The van der Waals surface area contributed by atoms with E-state index in [9.17, 15) is 4.91 Å². The van der Waals surface area contributed by atoms with Gasteiger partial charge >= 0.3 is 0 Å². The number of hydrogen-bond acceptors (Lipinski definition) is 5. The Morgan fingerprint density at radius 3 is 2.64 bits per heavy atom. The fourth-order valence-electron chi connectivity index (χ4n) is 2.41. The minimum Gasteiger partial charge on any atom is -0.497 e. The predicted octanol–water partition coefficient (Wildman–Crippen LogP) is 3.72. The fourth-order valence-corrected chi connectivity index (χ4v) is 2.41. The number of benzene rings is 1. The predicted molar refractivity (Wildman–Crippen MR) is 83.9 cm³/mol. The molecule has 0 fully saturated rings. The van der Waals surface area contributed by atoms with Gasteiger partial charge in [-0.1, -0.05) is 6.07 Å². The zero-order valence-corrected chi connectivity index (χ0v) is 12.5. The van der Waals surface area contributed by atoms with Gasteiger partial charge in [0.25, 0.3) is 0 Å². The number of fused-ring (bicyclic) bond motifs is 1. The molecule has 0 spiro atoms. The molecule has 0 amide bonds. The van der Waals surface area contributed by atoms with Crippen LogP contribution in [0.4, 0.5) is 5.82 Å². The van der Waals surface area contributed by atoms with E-state index in [1.54, 1.807) is 36.8 Å². The molecule has 0 bridgehead atoms. The highest BCUT2D eigenvalue weighted by Gasteiger charge is 2.19. The van der Waals surface area contributed by atoms with Crippen molar-refractivity contribution < 1.29 is 9.47 Å². The summed E-state index contributed by atoms with van der Waals surface area (Å²) >= 11 is 0. The number of nitroso groups, excluding NO2 is 1. The standard InChI is InChI=1S/C16H15N3O3/c1-10-4-7-14-17-15(16(18-20)19(14)9-10)12-8-11(21-2)5-6-13(12)22-3/h4-9H,1-3H3. The highest BCUT2D eigenvalue weighted by atomic mass is 16.5. The van der Waals surface area contributed by atoms with E-state index in [0.29, 0.717) is 28.4 Å². The lowest BCUT2D eigenvalue weighted by atomic mass is 10.1. The first kappa shape index (κ1) is 14.1. The van der Waals surface area contributed by atoms with Crippen LogP contribution in [-0.2, 0) is 0 Å². The van der Waals surface area contributed by atoms with Crippen molar-refractivity contribution in [2.45, 2.75) is 6.92 Å². The Bertz CT molecular complexity index is 855. The van der Waals surface area contributed by atoms with Crippen molar-refractivity contribution in [2.75, 3.05) is 14.2 Å². The largest absolute Gasteiger partial charge is 0.497 e. The van der Waals surface area contributed by atoms with Crippen molar-refractivity contribution in [1.82, 2.24) is 9.38 Å². The molecule has 0 radical (unpaired) electrons. The van der Waals surface area contributed by atoms with E-state index in [0.717, 1.165) is 5.56 Å². The monoisotopic (exact) mass is 297 g/mol. The molecule has 0 saturated heterocycles. The molecule has 112 valence electrons. The van der Waals surface area contributed by atoms with Gasteiger partial charge in [-0.2, -0.15) is 0 Å². The van der Waals surface area contributed by atoms with E-state index >= 15 is 0 Å². The van der Waals surface area contributed by atoms with Crippen LogP contribution in [0.1, 0.15) is 5.56 Å². The van der Waals surface area contributed by atoms with Gasteiger partial charge in [0.05, 0.1) is 14.2 Å². The minimum atomic E-state index is 0.241. The lowest BCUT2D eigenvalue weighted by Gasteiger charge is -2.08. The Morgan fingerprint density at radius 1 is 1.14 bits per heavy atom. The summed E-state index contributed by atoms with van der Waals surface area (Å²) in [7, 11) is 3.15. The quantitative estimate of drug-likeness (QED) is 0.688. The molecule has 2 heterocycles. The third-order valence-electron chi connectivity index (χ3n) is 3.49. The van der Waals surface area contributed by atoms with Crippen LogP contribution in [0.5, 0.6) is 11.5 Å². The van der Waals surface area contributed by atoms with Crippen molar-refractivity contribution in [1.29, 1.82) is 0 Å². The van der Waals surface area contributed by atoms with Crippen molar-refractivity contribution in [3.05, 3.63) is 47.0 Å². The van der Waals surface area contributed by atoms with Gasteiger partial charge in [0.1, 0.15) is 22.8 Å². The second kappa shape index (κ2) is 5.48. The van der Waals surface area contributed by atoms with Crippen LogP contribution in [0.15, 0.2) is 41.7 Å². The Kier molecular flexibility index (Phi) is 3.50. The first-order valence-corrected chi connectivity index (χ1v) is 6.72. The van der Waals surface area contributed by atoms with Crippen molar-refractivity contribution >= 4 is 11.5 Å². The molecule has 3 aromatic rings. The first-order chi connectivity index (χ1) is 10.7. The van der Waals surface area contributed by atoms with Gasteiger partial charge in [0.2, 0.25) is 5.82 Å². The van der Waals surface area contributed by atoms with Crippen molar-refractivity contribution in [3.63, 3.8) is 0 Å². The van der Waals surface area contributed by atoms with Crippen LogP contribution in [-0.4, -0.2) is 23.6 Å². The summed E-state index contributed by atoms with van der Waals surface area (Å²) in [6.45, 7) is 1.94. The number of aromatic nitrogens is 2. The molecule has 2 aromatic heterocycles. The lowest BCUT2D eigenvalue weighted by Crippen LogP contribution is -1.91. The molecule has 3 rings (SSSR count). The van der Waals surface area contributed by atoms with Crippen LogP contribution in [0, 0.1) is 11.8 Å². The molecule has 0 atom stereocenters. The number of methoxy groups -OCH3 is 2. The first-order valence-electron chi connectivity index (χ1n) is 6.72. The lowest BCUT2D eigenvalue weighted by molar-refractivity contribution is 0.404. The number of pyridine rings is 1. The van der Waals surface area contributed by atoms with E-state index < -0.39 is 0 Å². The molecular formula is C16H15N3O3. The van der Waals surface area contributed by atoms with E-state index in [1.807, 2.05) is 25.3 Å².